The zero-order valence-corrected chi connectivity index (χ0v) is 13.3. The molecule has 0 aromatic heterocycles. The van der Waals surface area contributed by atoms with Crippen LogP contribution in [0.3, 0.4) is 0 Å². The SMILES string of the molecule is CCNC(c1cc(F)ccc1Cl)C1CSc2ccccc21. The monoisotopic (exact) mass is 321 g/mol. The van der Waals surface area contributed by atoms with Crippen molar-refractivity contribution in [2.75, 3.05) is 12.3 Å². The van der Waals surface area contributed by atoms with E-state index in [0.29, 0.717) is 10.9 Å². The molecule has 3 rings (SSSR count). The van der Waals surface area contributed by atoms with Crippen molar-refractivity contribution in [2.45, 2.75) is 23.8 Å². The predicted octanol–water partition coefficient (Wildman–Crippen LogP) is 5.02. The van der Waals surface area contributed by atoms with E-state index in [9.17, 15) is 4.39 Å². The number of nitrogens with one attached hydrogen (secondary N) is 1. The maximum Gasteiger partial charge on any atom is 0.123 e. The van der Waals surface area contributed by atoms with Crippen molar-refractivity contribution < 1.29 is 4.39 Å². The van der Waals surface area contributed by atoms with Crippen molar-refractivity contribution in [1.29, 1.82) is 0 Å². The lowest BCUT2D eigenvalue weighted by atomic mass is 9.88. The van der Waals surface area contributed by atoms with Gasteiger partial charge in [-0.2, -0.15) is 0 Å². The van der Waals surface area contributed by atoms with Crippen LogP contribution in [0.2, 0.25) is 5.02 Å². The van der Waals surface area contributed by atoms with E-state index in [0.717, 1.165) is 17.9 Å². The first kappa shape index (κ1) is 14.9. The Kier molecular flexibility index (Phi) is 4.53. The number of fused-ring (bicyclic) bond motifs is 1. The van der Waals surface area contributed by atoms with E-state index in [2.05, 4.69) is 36.5 Å². The molecule has 2 aromatic rings. The molecule has 0 radical (unpaired) electrons. The largest absolute Gasteiger partial charge is 0.310 e. The summed E-state index contributed by atoms with van der Waals surface area (Å²) < 4.78 is 13.6. The number of hydrogen-bond donors (Lipinski definition) is 1. The molecule has 0 bridgehead atoms. The fraction of sp³-hybridized carbons (Fsp3) is 0.294. The minimum Gasteiger partial charge on any atom is -0.310 e. The highest BCUT2D eigenvalue weighted by Crippen LogP contribution is 2.46. The number of hydrogen-bond acceptors (Lipinski definition) is 2. The second-order valence-electron chi connectivity index (χ2n) is 5.16. The van der Waals surface area contributed by atoms with Gasteiger partial charge in [0.15, 0.2) is 0 Å². The van der Waals surface area contributed by atoms with Crippen LogP contribution in [0.15, 0.2) is 47.4 Å². The molecule has 1 aliphatic rings. The van der Waals surface area contributed by atoms with Gasteiger partial charge in [-0.3, -0.25) is 0 Å². The van der Waals surface area contributed by atoms with Crippen molar-refractivity contribution >= 4 is 23.4 Å². The summed E-state index contributed by atoms with van der Waals surface area (Å²) in [7, 11) is 0. The van der Waals surface area contributed by atoms with Gasteiger partial charge in [0.25, 0.3) is 0 Å². The van der Waals surface area contributed by atoms with Gasteiger partial charge < -0.3 is 5.32 Å². The summed E-state index contributed by atoms with van der Waals surface area (Å²) in [5, 5.41) is 4.11. The van der Waals surface area contributed by atoms with Crippen molar-refractivity contribution in [3.8, 4) is 0 Å². The van der Waals surface area contributed by atoms with Crippen LogP contribution in [0, 0.1) is 5.82 Å². The minimum absolute atomic E-state index is 0.0364. The van der Waals surface area contributed by atoms with Crippen LogP contribution in [0.4, 0.5) is 4.39 Å². The molecule has 2 unspecified atom stereocenters. The Bertz CT molecular complexity index is 646. The van der Waals surface area contributed by atoms with Crippen LogP contribution in [0.25, 0.3) is 0 Å². The molecule has 1 N–H and O–H groups in total. The Morgan fingerprint density at radius 3 is 2.95 bits per heavy atom. The van der Waals surface area contributed by atoms with Crippen LogP contribution in [0.1, 0.15) is 30.0 Å². The Balaban J connectivity index is 2.01. The summed E-state index contributed by atoms with van der Waals surface area (Å²) in [6.45, 7) is 2.88. The lowest BCUT2D eigenvalue weighted by Gasteiger charge is -2.26. The fourth-order valence-corrected chi connectivity index (χ4v) is 4.43. The van der Waals surface area contributed by atoms with E-state index in [-0.39, 0.29) is 11.9 Å². The second kappa shape index (κ2) is 6.39. The van der Waals surface area contributed by atoms with E-state index >= 15 is 0 Å². The van der Waals surface area contributed by atoms with Gasteiger partial charge in [0.05, 0.1) is 0 Å². The Morgan fingerprint density at radius 2 is 2.14 bits per heavy atom. The minimum atomic E-state index is -0.240. The highest BCUT2D eigenvalue weighted by molar-refractivity contribution is 7.99. The molecule has 4 heteroatoms. The van der Waals surface area contributed by atoms with Crippen molar-refractivity contribution in [2.24, 2.45) is 0 Å². The van der Waals surface area contributed by atoms with E-state index in [4.69, 9.17) is 11.6 Å². The first-order valence-electron chi connectivity index (χ1n) is 7.10. The average molecular weight is 322 g/mol. The van der Waals surface area contributed by atoms with Gasteiger partial charge in [0.2, 0.25) is 0 Å². The number of benzene rings is 2. The molecule has 1 nitrogen and oxygen atoms in total. The molecule has 0 amide bonds. The summed E-state index contributed by atoms with van der Waals surface area (Å²) in [6.07, 6.45) is 0. The number of likely N-dealkylation sites (N-methyl/N-ethyl adjacent to an activating group) is 1. The molecule has 0 saturated carbocycles. The number of rotatable bonds is 4. The predicted molar refractivity (Wildman–Crippen MR) is 87.7 cm³/mol. The molecule has 0 saturated heterocycles. The molecule has 0 spiro atoms. The van der Waals surface area contributed by atoms with Crippen LogP contribution in [-0.4, -0.2) is 12.3 Å². The third-order valence-electron chi connectivity index (χ3n) is 3.86. The van der Waals surface area contributed by atoms with Gasteiger partial charge in [0.1, 0.15) is 5.82 Å². The van der Waals surface area contributed by atoms with Crippen molar-refractivity contribution in [3.05, 3.63) is 64.4 Å². The van der Waals surface area contributed by atoms with E-state index < -0.39 is 0 Å². The standard InChI is InChI=1S/C17H17ClFNS/c1-2-20-17(13-9-11(19)7-8-15(13)18)14-10-21-16-6-4-3-5-12(14)16/h3-9,14,17,20H,2,10H2,1H3. The Hall–Kier alpha value is -1.03. The molecular formula is C17H17ClFNS. The average Bonchev–Trinajstić information content (AvgIpc) is 2.91. The third kappa shape index (κ3) is 2.96. The van der Waals surface area contributed by atoms with Crippen molar-refractivity contribution in [3.63, 3.8) is 0 Å². The molecule has 1 aliphatic heterocycles. The first-order valence-corrected chi connectivity index (χ1v) is 8.47. The number of thioether (sulfide) groups is 1. The fourth-order valence-electron chi connectivity index (χ4n) is 2.91. The van der Waals surface area contributed by atoms with E-state index in [1.54, 1.807) is 12.1 Å². The topological polar surface area (TPSA) is 12.0 Å². The molecule has 2 aromatic carbocycles. The first-order chi connectivity index (χ1) is 10.2. The second-order valence-corrected chi connectivity index (χ2v) is 6.63. The molecular weight excluding hydrogens is 305 g/mol. The number of halogens is 2. The van der Waals surface area contributed by atoms with Crippen LogP contribution >= 0.6 is 23.4 Å². The van der Waals surface area contributed by atoms with Gasteiger partial charge in [-0.25, -0.2) is 4.39 Å². The zero-order chi connectivity index (χ0) is 14.8. The van der Waals surface area contributed by atoms with Gasteiger partial charge in [-0.05, 0) is 41.9 Å². The summed E-state index contributed by atoms with van der Waals surface area (Å²) in [5.74, 6) is 1.06. The van der Waals surface area contributed by atoms with Gasteiger partial charge in [0, 0.05) is 27.6 Å². The van der Waals surface area contributed by atoms with Crippen molar-refractivity contribution in [1.82, 2.24) is 5.32 Å². The van der Waals surface area contributed by atoms with Gasteiger partial charge >= 0.3 is 0 Å². The smallest absolute Gasteiger partial charge is 0.123 e. The molecule has 0 fully saturated rings. The highest BCUT2D eigenvalue weighted by Gasteiger charge is 2.32. The maximum atomic E-state index is 13.6. The molecule has 21 heavy (non-hydrogen) atoms. The molecule has 1 heterocycles. The van der Waals surface area contributed by atoms with E-state index in [1.165, 1.54) is 16.5 Å². The van der Waals surface area contributed by atoms with Crippen LogP contribution < -0.4 is 5.32 Å². The van der Waals surface area contributed by atoms with E-state index in [1.807, 2.05) is 11.8 Å². The summed E-state index contributed by atoms with van der Waals surface area (Å²) >= 11 is 8.18. The quantitative estimate of drug-likeness (QED) is 0.848. The Morgan fingerprint density at radius 1 is 1.33 bits per heavy atom. The summed E-state index contributed by atoms with van der Waals surface area (Å²) in [4.78, 5) is 1.32. The lowest BCUT2D eigenvalue weighted by molar-refractivity contribution is 0.482. The normalized spacial score (nSPS) is 18.5. The summed E-state index contributed by atoms with van der Waals surface area (Å²) in [6, 6.07) is 13.1. The lowest BCUT2D eigenvalue weighted by Crippen LogP contribution is -2.27. The third-order valence-corrected chi connectivity index (χ3v) is 5.41. The highest BCUT2D eigenvalue weighted by atomic mass is 35.5. The van der Waals surface area contributed by atoms with Crippen LogP contribution in [-0.2, 0) is 0 Å². The van der Waals surface area contributed by atoms with Crippen LogP contribution in [0.5, 0.6) is 0 Å². The van der Waals surface area contributed by atoms with Gasteiger partial charge in [-0.1, -0.05) is 36.7 Å². The van der Waals surface area contributed by atoms with Gasteiger partial charge in [-0.15, -0.1) is 11.8 Å². The summed E-state index contributed by atoms with van der Waals surface area (Å²) in [5.41, 5.74) is 2.18. The molecule has 0 aliphatic carbocycles. The molecule has 2 atom stereocenters. The zero-order valence-electron chi connectivity index (χ0n) is 11.8. The maximum absolute atomic E-state index is 13.6. The molecule has 110 valence electrons. The Labute approximate surface area is 133 Å².